The van der Waals surface area contributed by atoms with Crippen molar-refractivity contribution in [3.05, 3.63) is 15.6 Å². The molecule has 17 heavy (non-hydrogen) atoms. The molecule has 0 spiro atoms. The third-order valence-electron chi connectivity index (χ3n) is 2.08. The van der Waals surface area contributed by atoms with E-state index in [-0.39, 0.29) is 0 Å². The van der Waals surface area contributed by atoms with Crippen LogP contribution in [-0.4, -0.2) is 24.0 Å². The van der Waals surface area contributed by atoms with E-state index in [4.69, 9.17) is 6.42 Å². The second-order valence-corrected chi connectivity index (χ2v) is 4.78. The summed E-state index contributed by atoms with van der Waals surface area (Å²) in [5.41, 5.74) is 1.06. The van der Waals surface area contributed by atoms with E-state index in [1.54, 1.807) is 11.3 Å². The van der Waals surface area contributed by atoms with Crippen molar-refractivity contribution in [2.24, 2.45) is 4.99 Å². The number of terminal acetylenes is 1. The minimum absolute atomic E-state index is 0.479. The lowest BCUT2D eigenvalue weighted by atomic mass is 10.4. The van der Waals surface area contributed by atoms with Gasteiger partial charge in [-0.25, -0.2) is 9.98 Å². The largest absolute Gasteiger partial charge is 0.357 e. The molecular formula is C12H18N4S. The summed E-state index contributed by atoms with van der Waals surface area (Å²) in [7, 11) is 0. The van der Waals surface area contributed by atoms with Crippen LogP contribution in [0.4, 0.5) is 0 Å². The maximum atomic E-state index is 5.20. The van der Waals surface area contributed by atoms with E-state index in [2.05, 4.69) is 26.5 Å². The second kappa shape index (κ2) is 6.92. The van der Waals surface area contributed by atoms with E-state index < -0.39 is 0 Å². The van der Waals surface area contributed by atoms with Crippen LogP contribution in [0.1, 0.15) is 22.5 Å². The van der Waals surface area contributed by atoms with Crippen molar-refractivity contribution >= 4 is 17.3 Å². The number of rotatable bonds is 4. The van der Waals surface area contributed by atoms with Gasteiger partial charge >= 0.3 is 0 Å². The van der Waals surface area contributed by atoms with Crippen molar-refractivity contribution in [1.82, 2.24) is 15.6 Å². The normalized spacial score (nSPS) is 11.1. The van der Waals surface area contributed by atoms with Crippen LogP contribution in [0, 0.1) is 26.2 Å². The number of thiazole rings is 1. The summed E-state index contributed by atoms with van der Waals surface area (Å²) in [6.07, 6.45) is 5.20. The van der Waals surface area contributed by atoms with E-state index in [1.807, 2.05) is 20.8 Å². The predicted molar refractivity (Wildman–Crippen MR) is 73.2 cm³/mol. The number of nitrogens with zero attached hydrogens (tertiary/aromatic N) is 2. The molecular weight excluding hydrogens is 232 g/mol. The molecule has 0 saturated carbocycles. The molecule has 1 aromatic rings. The lowest BCUT2D eigenvalue weighted by Crippen LogP contribution is -2.37. The topological polar surface area (TPSA) is 49.3 Å². The number of aryl methyl sites for hydroxylation is 2. The molecule has 2 N–H and O–H groups in total. The number of nitrogens with one attached hydrogen (secondary N) is 2. The Morgan fingerprint density at radius 3 is 2.76 bits per heavy atom. The lowest BCUT2D eigenvalue weighted by Gasteiger charge is -2.08. The molecule has 1 rings (SSSR count). The zero-order chi connectivity index (χ0) is 12.7. The summed E-state index contributed by atoms with van der Waals surface area (Å²) in [6, 6.07) is 0. The fourth-order valence-electron chi connectivity index (χ4n) is 1.35. The van der Waals surface area contributed by atoms with Gasteiger partial charge < -0.3 is 10.6 Å². The van der Waals surface area contributed by atoms with Gasteiger partial charge in [0.15, 0.2) is 5.96 Å². The zero-order valence-electron chi connectivity index (χ0n) is 10.5. The second-order valence-electron chi connectivity index (χ2n) is 3.49. The summed E-state index contributed by atoms with van der Waals surface area (Å²) in [5, 5.41) is 7.27. The van der Waals surface area contributed by atoms with Gasteiger partial charge in [0, 0.05) is 11.4 Å². The quantitative estimate of drug-likeness (QED) is 0.483. The number of hydrogen-bond donors (Lipinski definition) is 2. The first kappa shape index (κ1) is 13.5. The zero-order valence-corrected chi connectivity index (χ0v) is 11.3. The number of hydrogen-bond acceptors (Lipinski definition) is 3. The van der Waals surface area contributed by atoms with Gasteiger partial charge in [-0.2, -0.15) is 0 Å². The Labute approximate surface area is 107 Å². The summed E-state index contributed by atoms with van der Waals surface area (Å²) in [5.74, 6) is 3.27. The van der Waals surface area contributed by atoms with Gasteiger partial charge in [-0.3, -0.25) is 0 Å². The highest BCUT2D eigenvalue weighted by molar-refractivity contribution is 7.11. The molecule has 0 aromatic carbocycles. The lowest BCUT2D eigenvalue weighted by molar-refractivity contribution is 0.866. The van der Waals surface area contributed by atoms with Gasteiger partial charge in [0.2, 0.25) is 0 Å². The predicted octanol–water partition coefficient (Wildman–Crippen LogP) is 1.45. The molecule has 0 bridgehead atoms. The fraction of sp³-hybridized carbons (Fsp3) is 0.500. The van der Waals surface area contributed by atoms with Gasteiger partial charge in [0.25, 0.3) is 0 Å². The van der Waals surface area contributed by atoms with Gasteiger partial charge in [-0.1, -0.05) is 5.92 Å². The first-order valence-electron chi connectivity index (χ1n) is 5.56. The van der Waals surface area contributed by atoms with Crippen LogP contribution < -0.4 is 10.6 Å². The van der Waals surface area contributed by atoms with Crippen molar-refractivity contribution in [2.75, 3.05) is 13.1 Å². The average molecular weight is 250 g/mol. The van der Waals surface area contributed by atoms with Gasteiger partial charge in [0.05, 0.1) is 23.8 Å². The smallest absolute Gasteiger partial charge is 0.192 e. The van der Waals surface area contributed by atoms with Crippen molar-refractivity contribution in [2.45, 2.75) is 27.3 Å². The Morgan fingerprint density at radius 2 is 2.24 bits per heavy atom. The molecule has 0 amide bonds. The number of aliphatic imine (C=N–C) groups is 1. The molecule has 0 saturated heterocycles. The van der Waals surface area contributed by atoms with E-state index in [0.29, 0.717) is 13.1 Å². The first-order valence-corrected chi connectivity index (χ1v) is 6.37. The molecule has 0 fully saturated rings. The molecule has 0 radical (unpaired) electrons. The van der Waals surface area contributed by atoms with Gasteiger partial charge in [-0.15, -0.1) is 17.8 Å². The highest BCUT2D eigenvalue weighted by Gasteiger charge is 2.04. The Balaban J connectivity index is 2.65. The Bertz CT molecular complexity index is 428. The van der Waals surface area contributed by atoms with Crippen molar-refractivity contribution in [3.8, 4) is 12.3 Å². The van der Waals surface area contributed by atoms with Gasteiger partial charge in [-0.05, 0) is 20.8 Å². The van der Waals surface area contributed by atoms with Crippen LogP contribution in [0.2, 0.25) is 0 Å². The Hall–Kier alpha value is -1.54. The molecule has 0 atom stereocenters. The minimum Gasteiger partial charge on any atom is -0.357 e. The van der Waals surface area contributed by atoms with Crippen molar-refractivity contribution < 1.29 is 0 Å². The highest BCUT2D eigenvalue weighted by Crippen LogP contribution is 2.17. The van der Waals surface area contributed by atoms with Crippen molar-refractivity contribution in [3.63, 3.8) is 0 Å². The molecule has 1 heterocycles. The third kappa shape index (κ3) is 4.45. The average Bonchev–Trinajstić information content (AvgIpc) is 2.61. The molecule has 0 aliphatic carbocycles. The minimum atomic E-state index is 0.479. The molecule has 0 aliphatic rings. The van der Waals surface area contributed by atoms with Gasteiger partial charge in [0.1, 0.15) is 0 Å². The summed E-state index contributed by atoms with van der Waals surface area (Å²) >= 11 is 1.68. The Morgan fingerprint density at radius 1 is 1.47 bits per heavy atom. The summed E-state index contributed by atoms with van der Waals surface area (Å²) < 4.78 is 0. The SMILES string of the molecule is C#CCNC(=NCc1sc(C)nc1C)NCC. The molecule has 0 aliphatic heterocycles. The van der Waals surface area contributed by atoms with E-state index in [1.165, 1.54) is 4.88 Å². The van der Waals surface area contributed by atoms with Crippen molar-refractivity contribution in [1.29, 1.82) is 0 Å². The first-order chi connectivity index (χ1) is 8.17. The van der Waals surface area contributed by atoms with Crippen LogP contribution in [0.15, 0.2) is 4.99 Å². The number of aromatic nitrogens is 1. The highest BCUT2D eigenvalue weighted by atomic mass is 32.1. The van der Waals surface area contributed by atoms with Crippen LogP contribution >= 0.6 is 11.3 Å². The molecule has 4 nitrogen and oxygen atoms in total. The van der Waals surface area contributed by atoms with Crippen LogP contribution in [-0.2, 0) is 6.54 Å². The summed E-state index contributed by atoms with van der Waals surface area (Å²) in [6.45, 7) is 7.97. The molecule has 5 heteroatoms. The van der Waals surface area contributed by atoms with Crippen LogP contribution in [0.25, 0.3) is 0 Å². The van der Waals surface area contributed by atoms with E-state index >= 15 is 0 Å². The third-order valence-corrected chi connectivity index (χ3v) is 3.14. The Kier molecular flexibility index (Phi) is 5.50. The van der Waals surface area contributed by atoms with E-state index in [9.17, 15) is 0 Å². The maximum absolute atomic E-state index is 5.20. The molecule has 92 valence electrons. The fourth-order valence-corrected chi connectivity index (χ4v) is 2.21. The van der Waals surface area contributed by atoms with E-state index in [0.717, 1.165) is 23.2 Å². The number of guanidine groups is 1. The molecule has 0 unspecified atom stereocenters. The van der Waals surface area contributed by atoms with Crippen LogP contribution in [0.5, 0.6) is 0 Å². The summed E-state index contributed by atoms with van der Waals surface area (Å²) in [4.78, 5) is 10.0. The maximum Gasteiger partial charge on any atom is 0.192 e. The van der Waals surface area contributed by atoms with Crippen LogP contribution in [0.3, 0.4) is 0 Å². The standard InChI is InChI=1S/C12H18N4S/c1-5-7-14-12(13-6-2)15-8-11-9(3)16-10(4)17-11/h1H,6-8H2,2-4H3,(H2,13,14,15). The molecule has 1 aromatic heterocycles. The monoisotopic (exact) mass is 250 g/mol.